The molecular formula is C39H45N3O8SSi. The minimum Gasteiger partial charge on any atom is -0.493 e. The Kier molecular flexibility index (Phi) is 11.5. The fourth-order valence-corrected chi connectivity index (χ4v) is 7.24. The number of hydrogen-bond acceptors (Lipinski definition) is 10. The van der Waals surface area contributed by atoms with Gasteiger partial charge in [-0.15, -0.1) is 11.3 Å². The van der Waals surface area contributed by atoms with Gasteiger partial charge in [0.1, 0.15) is 17.0 Å². The number of anilines is 1. The number of nitrogens with zero attached hydrogens (tertiary/aromatic N) is 1. The van der Waals surface area contributed by atoms with Crippen molar-refractivity contribution in [1.29, 1.82) is 0 Å². The van der Waals surface area contributed by atoms with Gasteiger partial charge in [-0.2, -0.15) is 0 Å². The van der Waals surface area contributed by atoms with E-state index in [1.54, 1.807) is 56.4 Å². The van der Waals surface area contributed by atoms with Crippen LogP contribution in [0.4, 0.5) is 10.5 Å². The number of amides is 2. The van der Waals surface area contributed by atoms with Crippen LogP contribution in [0, 0.1) is 6.92 Å². The second-order valence-corrected chi connectivity index (χ2v) is 21.3. The summed E-state index contributed by atoms with van der Waals surface area (Å²) in [7, 11) is -0.223. The van der Waals surface area contributed by atoms with Crippen LogP contribution in [0.15, 0.2) is 53.9 Å². The van der Waals surface area contributed by atoms with Crippen molar-refractivity contribution >= 4 is 49.0 Å². The van der Waals surface area contributed by atoms with Gasteiger partial charge >= 0.3 is 18.0 Å². The average molecular weight is 744 g/mol. The molecule has 0 unspecified atom stereocenters. The molecule has 2 aromatic carbocycles. The zero-order chi connectivity index (χ0) is 37.8. The van der Waals surface area contributed by atoms with Gasteiger partial charge < -0.3 is 29.6 Å². The van der Waals surface area contributed by atoms with Crippen LogP contribution >= 0.6 is 11.3 Å². The number of methoxy groups -OCH3 is 1. The fourth-order valence-electron chi connectivity index (χ4n) is 5.55. The summed E-state index contributed by atoms with van der Waals surface area (Å²) in [5.41, 5.74) is 4.14. The van der Waals surface area contributed by atoms with E-state index in [-0.39, 0.29) is 35.7 Å². The highest BCUT2D eigenvalue weighted by atomic mass is 32.1. The molecule has 2 amide bonds. The minimum atomic E-state index is -1.45. The molecule has 11 nitrogen and oxygen atoms in total. The number of nitrogens with one attached hydrogen (secondary N) is 2. The topological polar surface area (TPSA) is 142 Å². The highest BCUT2D eigenvalue weighted by Crippen LogP contribution is 2.43. The predicted molar refractivity (Wildman–Crippen MR) is 204 cm³/mol. The maximum atomic E-state index is 14.3. The first kappa shape index (κ1) is 38.2. The van der Waals surface area contributed by atoms with Crippen LogP contribution in [0.5, 0.6) is 5.75 Å². The predicted octanol–water partition coefficient (Wildman–Crippen LogP) is 8.28. The third kappa shape index (κ3) is 9.45. The van der Waals surface area contributed by atoms with Crippen LogP contribution in [-0.2, 0) is 27.2 Å². The minimum absolute atomic E-state index is 0.0446. The summed E-state index contributed by atoms with van der Waals surface area (Å²) in [5.74, 6) is -1.31. The van der Waals surface area contributed by atoms with Gasteiger partial charge in [-0.25, -0.2) is 19.4 Å². The summed E-state index contributed by atoms with van der Waals surface area (Å²) in [6.45, 7) is 14.7. The van der Waals surface area contributed by atoms with Crippen molar-refractivity contribution in [2.24, 2.45) is 0 Å². The van der Waals surface area contributed by atoms with E-state index in [1.165, 1.54) is 13.2 Å². The molecule has 5 rings (SSSR count). The van der Waals surface area contributed by atoms with Crippen molar-refractivity contribution in [2.45, 2.75) is 71.9 Å². The van der Waals surface area contributed by atoms with E-state index in [1.807, 2.05) is 24.4 Å². The van der Waals surface area contributed by atoms with E-state index in [4.69, 9.17) is 18.9 Å². The zero-order valence-electron chi connectivity index (χ0n) is 30.9. The molecule has 0 spiro atoms. The smallest absolute Gasteiger partial charge is 0.407 e. The van der Waals surface area contributed by atoms with Crippen LogP contribution in [-0.4, -0.2) is 62.9 Å². The molecule has 3 heterocycles. The van der Waals surface area contributed by atoms with Crippen molar-refractivity contribution in [2.75, 3.05) is 25.6 Å². The molecule has 2 aromatic heterocycles. The summed E-state index contributed by atoms with van der Waals surface area (Å²) >= 11 is 1.56. The molecule has 0 atom stereocenters. The number of carbonyl (C=O) groups is 4. The van der Waals surface area contributed by atoms with E-state index in [0.717, 1.165) is 33.2 Å². The monoisotopic (exact) mass is 743 g/mol. The van der Waals surface area contributed by atoms with Gasteiger partial charge in [0.15, 0.2) is 5.69 Å². The third-order valence-electron chi connectivity index (χ3n) is 8.22. The lowest BCUT2D eigenvalue weighted by Crippen LogP contribution is -2.32. The number of thiophene rings is 1. The van der Waals surface area contributed by atoms with Gasteiger partial charge in [0.2, 0.25) is 0 Å². The third-order valence-corrected chi connectivity index (χ3v) is 10.9. The molecule has 1 aliphatic heterocycles. The number of carbonyl (C=O) groups excluding carboxylic acids is 4. The van der Waals surface area contributed by atoms with Gasteiger partial charge in [0, 0.05) is 53.9 Å². The number of alkyl carbamates (subject to hydrolysis) is 1. The molecule has 274 valence electrons. The number of hydrogen-bond donors (Lipinski definition) is 2. The fraction of sp³-hybridized carbons (Fsp3) is 0.359. The van der Waals surface area contributed by atoms with E-state index in [0.29, 0.717) is 30.0 Å². The van der Waals surface area contributed by atoms with Crippen LogP contribution in [0.1, 0.15) is 68.8 Å². The summed E-state index contributed by atoms with van der Waals surface area (Å²) in [5, 5.41) is 7.79. The molecule has 0 saturated carbocycles. The first-order valence-electron chi connectivity index (χ1n) is 17.0. The summed E-state index contributed by atoms with van der Waals surface area (Å²) < 4.78 is 22.1. The molecule has 2 N–H and O–H groups in total. The molecule has 0 aliphatic carbocycles. The highest BCUT2D eigenvalue weighted by Gasteiger charge is 2.28. The normalized spacial score (nSPS) is 12.4. The van der Waals surface area contributed by atoms with E-state index < -0.39 is 37.6 Å². The number of aryl methyl sites for hydroxylation is 1. The number of pyridine rings is 1. The lowest BCUT2D eigenvalue weighted by Gasteiger charge is -2.20. The Hall–Kier alpha value is -5.01. The lowest BCUT2D eigenvalue weighted by molar-refractivity contribution is 0.0508. The Morgan fingerprint density at radius 3 is 2.42 bits per heavy atom. The molecule has 4 aromatic rings. The largest absolute Gasteiger partial charge is 0.493 e. The average Bonchev–Trinajstić information content (AvgIpc) is 3.47. The zero-order valence-corrected chi connectivity index (χ0v) is 32.7. The standard InChI is InChI=1S/C39H45N3O8SSi/c1-23-19-24(22-40-38(46)50-39(2,3)4)9-11-30(23)42-35(43)28-20-29-32(48-15-13-25-14-17-51-34(25)29)21-27(28)26-10-12-31(41-33(26)37(45)47-5)36(44)49-16-18-52(6,7)8/h9-12,14,17,19-21H,13,15-16,18,22H2,1-8H3,(H,40,46)(H,42,43). The second-order valence-electron chi connectivity index (χ2n) is 14.8. The number of benzene rings is 2. The Labute approximate surface area is 309 Å². The summed E-state index contributed by atoms with van der Waals surface area (Å²) in [4.78, 5) is 58.1. The number of ether oxygens (including phenoxy) is 4. The maximum absolute atomic E-state index is 14.3. The van der Waals surface area contributed by atoms with Gasteiger partial charge in [-0.05, 0) is 92.2 Å². The van der Waals surface area contributed by atoms with Crippen LogP contribution in [0.2, 0.25) is 25.7 Å². The Morgan fingerprint density at radius 2 is 1.73 bits per heavy atom. The quantitative estimate of drug-likeness (QED) is 0.0932. The molecule has 0 fully saturated rings. The molecular weight excluding hydrogens is 699 g/mol. The van der Waals surface area contributed by atoms with Crippen molar-refractivity contribution in [3.05, 3.63) is 87.6 Å². The highest BCUT2D eigenvalue weighted by molar-refractivity contribution is 7.13. The molecule has 0 saturated heterocycles. The van der Waals surface area contributed by atoms with E-state index in [2.05, 4.69) is 41.3 Å². The first-order valence-corrected chi connectivity index (χ1v) is 21.6. The Balaban J connectivity index is 1.52. The summed E-state index contributed by atoms with van der Waals surface area (Å²) in [6, 6.07) is 14.9. The molecule has 1 aliphatic rings. The maximum Gasteiger partial charge on any atom is 0.407 e. The van der Waals surface area contributed by atoms with Crippen molar-refractivity contribution in [3.8, 4) is 27.3 Å². The molecule has 0 radical (unpaired) electrons. The molecule has 52 heavy (non-hydrogen) atoms. The van der Waals surface area contributed by atoms with Gasteiger partial charge in [0.05, 0.1) is 20.3 Å². The second kappa shape index (κ2) is 15.7. The van der Waals surface area contributed by atoms with Gasteiger partial charge in [0.25, 0.3) is 5.91 Å². The van der Waals surface area contributed by atoms with Crippen LogP contribution in [0.3, 0.4) is 0 Å². The van der Waals surface area contributed by atoms with Crippen molar-refractivity contribution in [3.63, 3.8) is 0 Å². The van der Waals surface area contributed by atoms with Crippen molar-refractivity contribution in [1.82, 2.24) is 10.3 Å². The van der Waals surface area contributed by atoms with E-state index >= 15 is 0 Å². The van der Waals surface area contributed by atoms with Crippen LogP contribution in [0.25, 0.3) is 21.6 Å². The molecule has 13 heteroatoms. The summed E-state index contributed by atoms with van der Waals surface area (Å²) in [6.07, 6.45) is 0.172. The number of rotatable bonds is 10. The molecule has 0 bridgehead atoms. The van der Waals surface area contributed by atoms with Crippen LogP contribution < -0.4 is 15.4 Å². The SMILES string of the molecule is COC(=O)c1nc(C(=O)OCC[Si](C)(C)C)ccc1-c1cc2c(cc1C(=O)Nc1ccc(CNC(=O)OC(C)(C)C)cc1C)-c1sccc1CCO2. The Morgan fingerprint density at radius 1 is 0.962 bits per heavy atom. The van der Waals surface area contributed by atoms with E-state index in [9.17, 15) is 19.2 Å². The number of esters is 2. The van der Waals surface area contributed by atoms with Gasteiger partial charge in [-0.3, -0.25) is 4.79 Å². The Bertz CT molecular complexity index is 2010. The first-order chi connectivity index (χ1) is 24.5. The van der Waals surface area contributed by atoms with Gasteiger partial charge in [-0.1, -0.05) is 31.8 Å². The lowest BCUT2D eigenvalue weighted by atomic mass is 9.93. The number of fused-ring (bicyclic) bond motifs is 3. The number of aromatic nitrogens is 1. The van der Waals surface area contributed by atoms with Crippen molar-refractivity contribution < 1.29 is 38.1 Å².